The second kappa shape index (κ2) is 8.62. The van der Waals surface area contributed by atoms with Gasteiger partial charge >= 0.3 is 11.9 Å². The number of carbonyl (C=O) groups excluding carboxylic acids is 2. The van der Waals surface area contributed by atoms with Crippen LogP contribution in [0.25, 0.3) is 0 Å². The highest BCUT2D eigenvalue weighted by atomic mass is 16.6. The van der Waals surface area contributed by atoms with Crippen LogP contribution in [0.2, 0.25) is 0 Å². The Kier molecular flexibility index (Phi) is 6.05. The molecule has 0 aromatic carbocycles. The Morgan fingerprint density at radius 3 is 2.41 bits per heavy atom. The van der Waals surface area contributed by atoms with Gasteiger partial charge in [0.2, 0.25) is 0 Å². The number of nitrogens with zero attached hydrogens (tertiary/aromatic N) is 1. The Labute approximate surface area is 219 Å². The van der Waals surface area contributed by atoms with E-state index in [1.165, 1.54) is 13.8 Å². The lowest BCUT2D eigenvalue weighted by Gasteiger charge is -2.69. The van der Waals surface area contributed by atoms with E-state index in [1.807, 2.05) is 0 Å². The standard InChI is InChI=1S/C28H43NO8/c1-7-29-12-26(13-33-4)9-8-19(32)28-17-10-16-18(34-5)11-27(37-15(3)31,20(17)22(16)36-14(2)30)21(25(28)29)23(35-6)24(26)28/h16-25,32H,7-13H2,1-6H3/t16-,17-,18+,19+,20-,21+,22+,23+,24-,25+,26+,27-,28+/m1/s1. The molecule has 9 nitrogen and oxygen atoms in total. The molecule has 0 aromatic rings. The first kappa shape index (κ1) is 26.0. The average molecular weight is 522 g/mol. The lowest BCUT2D eigenvalue weighted by Crippen LogP contribution is -2.76. The monoisotopic (exact) mass is 521 g/mol. The molecule has 1 N–H and O–H groups in total. The molecule has 6 rings (SSSR count). The fourth-order valence-electron chi connectivity index (χ4n) is 11.4. The van der Waals surface area contributed by atoms with Crippen molar-refractivity contribution in [3.05, 3.63) is 0 Å². The van der Waals surface area contributed by atoms with Gasteiger partial charge in [0, 0.05) is 88.7 Å². The number of fused-ring (bicyclic) bond motifs is 2. The molecule has 208 valence electrons. The average Bonchev–Trinajstić information content (AvgIpc) is 3.27. The van der Waals surface area contributed by atoms with Crippen LogP contribution < -0.4 is 0 Å². The molecule has 9 heteroatoms. The van der Waals surface area contributed by atoms with Crippen LogP contribution in [0.1, 0.15) is 46.5 Å². The van der Waals surface area contributed by atoms with Gasteiger partial charge in [0.15, 0.2) is 0 Å². The number of likely N-dealkylation sites (tertiary alicyclic amines) is 1. The lowest BCUT2D eigenvalue weighted by molar-refractivity contribution is -0.278. The van der Waals surface area contributed by atoms with E-state index in [1.54, 1.807) is 21.3 Å². The van der Waals surface area contributed by atoms with Crippen molar-refractivity contribution in [1.29, 1.82) is 0 Å². The summed E-state index contributed by atoms with van der Waals surface area (Å²) in [6, 6.07) is -0.0133. The number of rotatable bonds is 7. The van der Waals surface area contributed by atoms with Gasteiger partial charge < -0.3 is 28.8 Å². The number of aliphatic hydroxyl groups is 1. The molecule has 37 heavy (non-hydrogen) atoms. The van der Waals surface area contributed by atoms with Gasteiger partial charge in [-0.3, -0.25) is 14.5 Å². The van der Waals surface area contributed by atoms with Gasteiger partial charge in [0.25, 0.3) is 0 Å². The minimum absolute atomic E-state index is 0.00590. The summed E-state index contributed by atoms with van der Waals surface area (Å²) < 4.78 is 31.0. The maximum atomic E-state index is 12.9. The Morgan fingerprint density at radius 2 is 1.81 bits per heavy atom. The van der Waals surface area contributed by atoms with Crippen molar-refractivity contribution < 1.29 is 38.4 Å². The molecule has 7 bridgehead atoms. The molecule has 0 amide bonds. The molecule has 1 spiro atoms. The number of carbonyl (C=O) groups is 2. The molecule has 5 saturated carbocycles. The van der Waals surface area contributed by atoms with E-state index in [9.17, 15) is 14.7 Å². The minimum atomic E-state index is -0.922. The maximum absolute atomic E-state index is 12.9. The third-order valence-electron chi connectivity index (χ3n) is 11.7. The van der Waals surface area contributed by atoms with E-state index >= 15 is 0 Å². The summed E-state index contributed by atoms with van der Waals surface area (Å²) in [7, 11) is 5.22. The highest BCUT2D eigenvalue weighted by Gasteiger charge is 2.87. The van der Waals surface area contributed by atoms with E-state index < -0.39 is 23.2 Å². The Bertz CT molecular complexity index is 960. The van der Waals surface area contributed by atoms with Gasteiger partial charge in [-0.05, 0) is 31.7 Å². The van der Waals surface area contributed by atoms with Crippen LogP contribution in [0.5, 0.6) is 0 Å². The number of ether oxygens (including phenoxy) is 5. The van der Waals surface area contributed by atoms with Crippen molar-refractivity contribution in [3.63, 3.8) is 0 Å². The first-order valence-corrected chi connectivity index (χ1v) is 14.0. The summed E-state index contributed by atoms with van der Waals surface area (Å²) in [4.78, 5) is 27.8. The molecule has 6 fully saturated rings. The van der Waals surface area contributed by atoms with Crippen LogP contribution in [0.4, 0.5) is 0 Å². The molecule has 5 aliphatic carbocycles. The second-order valence-electron chi connectivity index (χ2n) is 12.7. The summed E-state index contributed by atoms with van der Waals surface area (Å²) in [6.07, 6.45) is 1.46. The first-order valence-electron chi connectivity index (χ1n) is 14.0. The van der Waals surface area contributed by atoms with Gasteiger partial charge in [-0.2, -0.15) is 0 Å². The number of methoxy groups -OCH3 is 3. The molecule has 0 unspecified atom stereocenters. The highest BCUT2D eigenvalue weighted by Crippen LogP contribution is 2.80. The van der Waals surface area contributed by atoms with Crippen molar-refractivity contribution >= 4 is 11.9 Å². The number of hydrogen-bond donors (Lipinski definition) is 1. The normalized spacial score (nSPS) is 53.2. The minimum Gasteiger partial charge on any atom is -0.462 e. The zero-order valence-electron chi connectivity index (χ0n) is 23.0. The second-order valence-corrected chi connectivity index (χ2v) is 12.7. The molecule has 1 saturated heterocycles. The van der Waals surface area contributed by atoms with Crippen LogP contribution in [-0.2, 0) is 33.3 Å². The van der Waals surface area contributed by atoms with Gasteiger partial charge in [0.1, 0.15) is 11.7 Å². The van der Waals surface area contributed by atoms with Crippen LogP contribution in [0.3, 0.4) is 0 Å². The van der Waals surface area contributed by atoms with Crippen LogP contribution in [-0.4, -0.2) is 99.0 Å². The summed E-state index contributed by atoms with van der Waals surface area (Å²) in [5, 5.41) is 12.1. The van der Waals surface area contributed by atoms with Gasteiger partial charge in [-0.15, -0.1) is 0 Å². The fraction of sp³-hybridized carbons (Fsp3) is 0.929. The Hall–Kier alpha value is -1.26. The van der Waals surface area contributed by atoms with Crippen molar-refractivity contribution in [2.24, 2.45) is 40.4 Å². The van der Waals surface area contributed by atoms with Gasteiger partial charge in [0.05, 0.1) is 24.9 Å². The number of aliphatic hydroxyl groups excluding tert-OH is 1. The van der Waals surface area contributed by atoms with Crippen molar-refractivity contribution in [2.45, 2.75) is 82.5 Å². The number of esters is 2. The summed E-state index contributed by atoms with van der Waals surface area (Å²) in [6.45, 7) is 7.38. The van der Waals surface area contributed by atoms with Gasteiger partial charge in [-0.1, -0.05) is 6.92 Å². The number of hydrogen-bond acceptors (Lipinski definition) is 9. The SMILES string of the molecule is CCN1C[C@]2(COC)CC[C@H](O)[C@@]34[C@@H]5C[C@H]6[C@H](OC(C)=O)[C@@H]5[C@](OC(C)=O)(C[C@@H]6OC)[C@@H]([C@H](OC)[C@H]23)[C@H]14. The van der Waals surface area contributed by atoms with Crippen LogP contribution in [0, 0.1) is 40.4 Å². The van der Waals surface area contributed by atoms with Crippen LogP contribution in [0.15, 0.2) is 0 Å². The van der Waals surface area contributed by atoms with E-state index in [2.05, 4.69) is 11.8 Å². The maximum Gasteiger partial charge on any atom is 0.303 e. The van der Waals surface area contributed by atoms with E-state index in [0.717, 1.165) is 25.9 Å². The van der Waals surface area contributed by atoms with Crippen LogP contribution >= 0.6 is 0 Å². The molecular formula is C28H43NO8. The molecule has 6 aliphatic rings. The topological polar surface area (TPSA) is 104 Å². The summed E-state index contributed by atoms with van der Waals surface area (Å²) in [5.41, 5.74) is -1.57. The summed E-state index contributed by atoms with van der Waals surface area (Å²) >= 11 is 0. The van der Waals surface area contributed by atoms with E-state index in [-0.39, 0.29) is 65.2 Å². The third-order valence-corrected chi connectivity index (χ3v) is 11.7. The first-order chi connectivity index (χ1) is 17.7. The zero-order valence-corrected chi connectivity index (χ0v) is 23.0. The molecule has 1 heterocycles. The molecule has 0 radical (unpaired) electrons. The smallest absolute Gasteiger partial charge is 0.303 e. The largest absolute Gasteiger partial charge is 0.462 e. The van der Waals surface area contributed by atoms with E-state index in [0.29, 0.717) is 19.4 Å². The molecular weight excluding hydrogens is 478 g/mol. The molecule has 13 atom stereocenters. The Balaban J connectivity index is 1.65. The number of piperidine rings is 1. The highest BCUT2D eigenvalue weighted by molar-refractivity contribution is 5.68. The predicted octanol–water partition coefficient (Wildman–Crippen LogP) is 1.64. The zero-order chi connectivity index (χ0) is 26.5. The summed E-state index contributed by atoms with van der Waals surface area (Å²) in [5.74, 6) is -1.05. The molecule has 1 aliphatic heterocycles. The molecule has 0 aromatic heterocycles. The third kappa shape index (κ3) is 2.98. The fourth-order valence-corrected chi connectivity index (χ4v) is 11.4. The Morgan fingerprint density at radius 1 is 1.05 bits per heavy atom. The lowest BCUT2D eigenvalue weighted by atomic mass is 9.43. The van der Waals surface area contributed by atoms with E-state index in [4.69, 9.17) is 23.7 Å². The quantitative estimate of drug-likeness (QED) is 0.501. The van der Waals surface area contributed by atoms with Gasteiger partial charge in [-0.25, -0.2) is 0 Å². The van der Waals surface area contributed by atoms with Crippen molar-refractivity contribution in [3.8, 4) is 0 Å². The predicted molar refractivity (Wildman–Crippen MR) is 131 cm³/mol. The van der Waals surface area contributed by atoms with Crippen molar-refractivity contribution in [2.75, 3.05) is 41.0 Å². The van der Waals surface area contributed by atoms with Crippen molar-refractivity contribution in [1.82, 2.24) is 4.90 Å².